The van der Waals surface area contributed by atoms with Crippen LogP contribution in [-0.4, -0.2) is 15.7 Å². The summed E-state index contributed by atoms with van der Waals surface area (Å²) in [5, 5.41) is 7.18. The van der Waals surface area contributed by atoms with Crippen LogP contribution in [0.25, 0.3) is 11.1 Å². The van der Waals surface area contributed by atoms with Crippen LogP contribution in [-0.2, 0) is 4.79 Å². The maximum Gasteiger partial charge on any atom is 0.248 e. The molecule has 3 aromatic rings. The fourth-order valence-electron chi connectivity index (χ4n) is 2.53. The molecule has 0 saturated carbocycles. The topological polar surface area (TPSA) is 46.9 Å². The lowest BCUT2D eigenvalue weighted by molar-refractivity contribution is -0.119. The first kappa shape index (κ1) is 16.5. The second kappa shape index (κ2) is 7.01. The Kier molecular flexibility index (Phi) is 4.81. The molecule has 4 nitrogen and oxygen atoms in total. The monoisotopic (exact) mass is 383 g/mol. The SMILES string of the molecule is Cc1c(Br)cnn1C(C)C(=O)Nc1ccc(-c2ccccc2)cc1. The van der Waals surface area contributed by atoms with Crippen LogP contribution in [0.15, 0.2) is 65.3 Å². The second-order valence-electron chi connectivity index (χ2n) is 5.63. The van der Waals surface area contributed by atoms with Crippen molar-refractivity contribution in [2.24, 2.45) is 0 Å². The van der Waals surface area contributed by atoms with Crippen LogP contribution in [0.1, 0.15) is 18.7 Å². The lowest BCUT2D eigenvalue weighted by Crippen LogP contribution is -2.25. The maximum absolute atomic E-state index is 12.4. The summed E-state index contributed by atoms with van der Waals surface area (Å²) in [6.45, 7) is 3.76. The van der Waals surface area contributed by atoms with Gasteiger partial charge in [-0.3, -0.25) is 9.48 Å². The number of anilines is 1. The third kappa shape index (κ3) is 3.41. The summed E-state index contributed by atoms with van der Waals surface area (Å²) in [5.41, 5.74) is 3.97. The molecule has 0 aliphatic rings. The number of carbonyl (C=O) groups is 1. The van der Waals surface area contributed by atoms with E-state index in [1.165, 1.54) is 0 Å². The van der Waals surface area contributed by atoms with Gasteiger partial charge in [-0.2, -0.15) is 5.10 Å². The molecule has 122 valence electrons. The Bertz CT molecular complexity index is 841. The Balaban J connectivity index is 1.72. The first-order valence-electron chi connectivity index (χ1n) is 7.72. The van der Waals surface area contributed by atoms with Gasteiger partial charge in [0, 0.05) is 5.69 Å². The molecule has 1 aromatic heterocycles. The van der Waals surface area contributed by atoms with Gasteiger partial charge in [0.2, 0.25) is 5.91 Å². The number of amides is 1. The van der Waals surface area contributed by atoms with E-state index < -0.39 is 0 Å². The van der Waals surface area contributed by atoms with E-state index in [1.54, 1.807) is 10.9 Å². The Morgan fingerprint density at radius 3 is 2.29 bits per heavy atom. The van der Waals surface area contributed by atoms with Gasteiger partial charge in [0.1, 0.15) is 6.04 Å². The zero-order valence-electron chi connectivity index (χ0n) is 13.5. The van der Waals surface area contributed by atoms with Crippen LogP contribution >= 0.6 is 15.9 Å². The van der Waals surface area contributed by atoms with Gasteiger partial charge in [-0.1, -0.05) is 42.5 Å². The van der Waals surface area contributed by atoms with Crippen molar-refractivity contribution >= 4 is 27.5 Å². The highest BCUT2D eigenvalue weighted by Crippen LogP contribution is 2.22. The van der Waals surface area contributed by atoms with Crippen molar-refractivity contribution < 1.29 is 4.79 Å². The summed E-state index contributed by atoms with van der Waals surface area (Å²) in [4.78, 5) is 12.4. The highest BCUT2D eigenvalue weighted by atomic mass is 79.9. The molecular formula is C19H18BrN3O. The van der Waals surface area contributed by atoms with Crippen molar-refractivity contribution in [2.75, 3.05) is 5.32 Å². The summed E-state index contributed by atoms with van der Waals surface area (Å²) in [6.07, 6.45) is 1.70. The van der Waals surface area contributed by atoms with E-state index in [2.05, 4.69) is 38.5 Å². The van der Waals surface area contributed by atoms with E-state index in [1.807, 2.05) is 56.3 Å². The number of nitrogens with one attached hydrogen (secondary N) is 1. The quantitative estimate of drug-likeness (QED) is 0.701. The van der Waals surface area contributed by atoms with Gasteiger partial charge >= 0.3 is 0 Å². The number of hydrogen-bond acceptors (Lipinski definition) is 2. The predicted molar refractivity (Wildman–Crippen MR) is 99.9 cm³/mol. The van der Waals surface area contributed by atoms with E-state index in [9.17, 15) is 4.79 Å². The molecule has 1 heterocycles. The second-order valence-corrected chi connectivity index (χ2v) is 6.49. The number of rotatable bonds is 4. The Labute approximate surface area is 149 Å². The Morgan fingerprint density at radius 1 is 1.08 bits per heavy atom. The number of aromatic nitrogens is 2. The van der Waals surface area contributed by atoms with E-state index in [-0.39, 0.29) is 11.9 Å². The minimum Gasteiger partial charge on any atom is -0.324 e. The van der Waals surface area contributed by atoms with Gasteiger partial charge in [0.05, 0.1) is 16.4 Å². The number of carbonyl (C=O) groups excluding carboxylic acids is 1. The van der Waals surface area contributed by atoms with Gasteiger partial charge in [0.25, 0.3) is 0 Å². The van der Waals surface area contributed by atoms with Crippen LogP contribution in [0.3, 0.4) is 0 Å². The van der Waals surface area contributed by atoms with Crippen molar-refractivity contribution in [1.29, 1.82) is 0 Å². The van der Waals surface area contributed by atoms with Crippen molar-refractivity contribution in [2.45, 2.75) is 19.9 Å². The fraction of sp³-hybridized carbons (Fsp3) is 0.158. The summed E-state index contributed by atoms with van der Waals surface area (Å²) < 4.78 is 2.60. The molecule has 1 atom stereocenters. The van der Waals surface area contributed by atoms with Crippen LogP contribution in [0, 0.1) is 6.92 Å². The molecule has 1 amide bonds. The molecule has 3 rings (SSSR count). The van der Waals surface area contributed by atoms with Crippen molar-refractivity contribution in [3.63, 3.8) is 0 Å². The molecule has 0 saturated heterocycles. The van der Waals surface area contributed by atoms with Gasteiger partial charge in [0.15, 0.2) is 0 Å². The molecule has 0 fully saturated rings. The van der Waals surface area contributed by atoms with Gasteiger partial charge < -0.3 is 5.32 Å². The molecule has 0 aliphatic heterocycles. The standard InChI is InChI=1S/C19H18BrN3O/c1-13-18(20)12-21-23(13)14(2)19(24)22-17-10-8-16(9-11-17)15-6-4-3-5-7-15/h3-12,14H,1-2H3,(H,22,24). The van der Waals surface area contributed by atoms with Crippen LogP contribution in [0.5, 0.6) is 0 Å². The molecule has 5 heteroatoms. The van der Waals surface area contributed by atoms with Crippen molar-refractivity contribution in [1.82, 2.24) is 9.78 Å². The molecule has 24 heavy (non-hydrogen) atoms. The average molecular weight is 384 g/mol. The normalized spacial score (nSPS) is 12.0. The van der Waals surface area contributed by atoms with Gasteiger partial charge in [-0.05, 0) is 53.0 Å². The molecule has 0 spiro atoms. The van der Waals surface area contributed by atoms with Crippen molar-refractivity contribution in [3.8, 4) is 11.1 Å². The van der Waals surface area contributed by atoms with E-state index in [0.29, 0.717) is 0 Å². The zero-order valence-corrected chi connectivity index (χ0v) is 15.1. The van der Waals surface area contributed by atoms with E-state index in [4.69, 9.17) is 0 Å². The van der Waals surface area contributed by atoms with E-state index in [0.717, 1.165) is 27.0 Å². The van der Waals surface area contributed by atoms with E-state index >= 15 is 0 Å². The summed E-state index contributed by atoms with van der Waals surface area (Å²) >= 11 is 3.42. The van der Waals surface area contributed by atoms with Gasteiger partial charge in [-0.15, -0.1) is 0 Å². The molecule has 0 aliphatic carbocycles. The largest absolute Gasteiger partial charge is 0.324 e. The lowest BCUT2D eigenvalue weighted by atomic mass is 10.1. The number of benzene rings is 2. The molecule has 1 unspecified atom stereocenters. The number of hydrogen-bond donors (Lipinski definition) is 1. The summed E-state index contributed by atoms with van der Waals surface area (Å²) in [7, 11) is 0. The highest BCUT2D eigenvalue weighted by molar-refractivity contribution is 9.10. The Morgan fingerprint density at radius 2 is 1.71 bits per heavy atom. The average Bonchev–Trinajstić information content (AvgIpc) is 2.95. The zero-order chi connectivity index (χ0) is 17.1. The molecule has 2 aromatic carbocycles. The minimum absolute atomic E-state index is 0.0961. The number of halogens is 1. The molecule has 0 radical (unpaired) electrons. The van der Waals surface area contributed by atoms with Crippen molar-refractivity contribution in [3.05, 3.63) is 71.0 Å². The third-order valence-corrected chi connectivity index (χ3v) is 4.77. The fourth-order valence-corrected chi connectivity index (χ4v) is 2.80. The predicted octanol–water partition coefficient (Wildman–Crippen LogP) is 4.82. The highest BCUT2D eigenvalue weighted by Gasteiger charge is 2.18. The maximum atomic E-state index is 12.4. The minimum atomic E-state index is -0.384. The molecule has 1 N–H and O–H groups in total. The van der Waals surface area contributed by atoms with Gasteiger partial charge in [-0.25, -0.2) is 0 Å². The first-order valence-corrected chi connectivity index (χ1v) is 8.51. The summed E-state index contributed by atoms with van der Waals surface area (Å²) in [5.74, 6) is -0.0961. The summed E-state index contributed by atoms with van der Waals surface area (Å²) in [6, 6.07) is 17.6. The van der Waals surface area contributed by atoms with Crippen LogP contribution in [0.2, 0.25) is 0 Å². The van der Waals surface area contributed by atoms with Crippen LogP contribution in [0.4, 0.5) is 5.69 Å². The first-order chi connectivity index (χ1) is 11.6. The number of nitrogens with zero attached hydrogens (tertiary/aromatic N) is 2. The van der Waals surface area contributed by atoms with Crippen LogP contribution < -0.4 is 5.32 Å². The molecular weight excluding hydrogens is 366 g/mol. The lowest BCUT2D eigenvalue weighted by Gasteiger charge is -2.15. The molecule has 0 bridgehead atoms. The Hall–Kier alpha value is -2.40. The smallest absolute Gasteiger partial charge is 0.248 e. The third-order valence-electron chi connectivity index (χ3n) is 3.99.